The summed E-state index contributed by atoms with van der Waals surface area (Å²) in [7, 11) is 0. The molecule has 0 aromatic carbocycles. The third-order valence-electron chi connectivity index (χ3n) is 5.53. The van der Waals surface area contributed by atoms with Crippen LogP contribution in [0.25, 0.3) is 0 Å². The van der Waals surface area contributed by atoms with E-state index in [0.717, 1.165) is 0 Å². The van der Waals surface area contributed by atoms with Gasteiger partial charge in [0.25, 0.3) is 0 Å². The Balaban J connectivity index is 5.32. The largest absolute Gasteiger partial charge is 0.379 e. The zero-order valence-electron chi connectivity index (χ0n) is 24.4. The third kappa shape index (κ3) is 15.5. The molecule has 0 unspecified atom stereocenters. The maximum absolute atomic E-state index is 12.3. The van der Waals surface area contributed by atoms with Crippen LogP contribution in [0.4, 0.5) is 0 Å². The standard InChI is InChI=1S/C28H53NO6/c1-21(2)22(30)12-15-33-18-28(29-27(9,10)11,19-34-16-13-23(31)25(3,4)5)20-35-17-14-24(32)26(6,7)8/h21,29H,12-20H2,1-11H3. The first-order chi connectivity index (χ1) is 15.8. The fourth-order valence-electron chi connectivity index (χ4n) is 3.37. The lowest BCUT2D eigenvalue weighted by atomic mass is 9.89. The van der Waals surface area contributed by atoms with E-state index in [1.165, 1.54) is 0 Å². The number of carbonyl (C=O) groups is 3. The molecular weight excluding hydrogens is 446 g/mol. The summed E-state index contributed by atoms with van der Waals surface area (Å²) in [5.41, 5.74) is -1.78. The summed E-state index contributed by atoms with van der Waals surface area (Å²) in [5, 5.41) is 3.59. The molecule has 1 N–H and O–H groups in total. The lowest BCUT2D eigenvalue weighted by Gasteiger charge is -2.40. The molecule has 0 bridgehead atoms. The second-order valence-electron chi connectivity index (χ2n) is 13.0. The van der Waals surface area contributed by atoms with E-state index in [4.69, 9.17) is 14.2 Å². The van der Waals surface area contributed by atoms with Crippen molar-refractivity contribution in [1.29, 1.82) is 0 Å². The van der Waals surface area contributed by atoms with Gasteiger partial charge in [-0.25, -0.2) is 0 Å². The van der Waals surface area contributed by atoms with Crippen molar-refractivity contribution < 1.29 is 28.6 Å². The van der Waals surface area contributed by atoms with Crippen molar-refractivity contribution in [1.82, 2.24) is 5.32 Å². The van der Waals surface area contributed by atoms with Crippen LogP contribution < -0.4 is 5.32 Å². The molecule has 0 saturated carbocycles. The van der Waals surface area contributed by atoms with Crippen LogP contribution >= 0.6 is 0 Å². The van der Waals surface area contributed by atoms with Crippen LogP contribution in [0.5, 0.6) is 0 Å². The van der Waals surface area contributed by atoms with Crippen LogP contribution in [0.15, 0.2) is 0 Å². The van der Waals surface area contributed by atoms with E-state index in [1.807, 2.05) is 55.4 Å². The highest BCUT2D eigenvalue weighted by molar-refractivity contribution is 5.84. The van der Waals surface area contributed by atoms with Crippen molar-refractivity contribution in [3.05, 3.63) is 0 Å². The highest BCUT2D eigenvalue weighted by Gasteiger charge is 2.36. The quantitative estimate of drug-likeness (QED) is 0.288. The molecule has 7 nitrogen and oxygen atoms in total. The Labute approximate surface area is 214 Å². The van der Waals surface area contributed by atoms with Gasteiger partial charge in [0.1, 0.15) is 17.3 Å². The predicted molar refractivity (Wildman–Crippen MR) is 141 cm³/mol. The molecule has 0 aromatic rings. The van der Waals surface area contributed by atoms with E-state index in [9.17, 15) is 14.4 Å². The summed E-state index contributed by atoms with van der Waals surface area (Å²) in [6.45, 7) is 23.1. The lowest BCUT2D eigenvalue weighted by Crippen LogP contribution is -2.62. The maximum atomic E-state index is 12.3. The Morgan fingerprint density at radius 1 is 0.629 bits per heavy atom. The van der Waals surface area contributed by atoms with Gasteiger partial charge in [0.05, 0.1) is 45.2 Å². The molecule has 0 amide bonds. The van der Waals surface area contributed by atoms with Gasteiger partial charge in [0.2, 0.25) is 0 Å². The van der Waals surface area contributed by atoms with Gasteiger partial charge < -0.3 is 19.5 Å². The molecule has 0 spiro atoms. The summed E-state index contributed by atoms with van der Waals surface area (Å²) < 4.78 is 17.9. The summed E-state index contributed by atoms with van der Waals surface area (Å²) in [6.07, 6.45) is 1.02. The number of rotatable bonds is 17. The number of nitrogens with one attached hydrogen (secondary N) is 1. The fourth-order valence-corrected chi connectivity index (χ4v) is 3.37. The molecule has 0 fully saturated rings. The average Bonchev–Trinajstić information content (AvgIpc) is 2.68. The van der Waals surface area contributed by atoms with Crippen LogP contribution in [0.2, 0.25) is 0 Å². The molecule has 0 aliphatic rings. The fraction of sp³-hybridized carbons (Fsp3) is 0.893. The number of Topliss-reactive ketones (excluding diaryl/α,β-unsaturated/α-hetero) is 3. The van der Waals surface area contributed by atoms with E-state index in [-0.39, 0.29) is 48.6 Å². The lowest BCUT2D eigenvalue weighted by molar-refractivity contribution is -0.128. The Bertz CT molecular complexity index is 630. The maximum Gasteiger partial charge on any atom is 0.140 e. The minimum absolute atomic E-state index is 0.0246. The number of ether oxygens (including phenoxy) is 3. The molecule has 0 radical (unpaired) electrons. The van der Waals surface area contributed by atoms with Gasteiger partial charge in [0, 0.05) is 41.5 Å². The molecule has 0 atom stereocenters. The van der Waals surface area contributed by atoms with E-state index >= 15 is 0 Å². The van der Waals surface area contributed by atoms with E-state index in [0.29, 0.717) is 39.1 Å². The monoisotopic (exact) mass is 499 g/mol. The van der Waals surface area contributed by atoms with Gasteiger partial charge in [-0.05, 0) is 20.8 Å². The second kappa shape index (κ2) is 14.6. The van der Waals surface area contributed by atoms with Gasteiger partial charge in [-0.1, -0.05) is 55.4 Å². The van der Waals surface area contributed by atoms with Gasteiger partial charge >= 0.3 is 0 Å². The SMILES string of the molecule is CC(C)C(=O)CCOCC(COCCC(=O)C(C)(C)C)(COCCC(=O)C(C)(C)C)NC(C)(C)C. The van der Waals surface area contributed by atoms with Crippen molar-refractivity contribution in [3.63, 3.8) is 0 Å². The molecule has 0 heterocycles. The highest BCUT2D eigenvalue weighted by atomic mass is 16.5. The number of carbonyl (C=O) groups excluding carboxylic acids is 3. The normalized spacial score (nSPS) is 13.4. The first kappa shape index (κ1) is 33.8. The van der Waals surface area contributed by atoms with Gasteiger partial charge in [-0.3, -0.25) is 14.4 Å². The predicted octanol–water partition coefficient (Wildman–Crippen LogP) is 4.79. The summed E-state index contributed by atoms with van der Waals surface area (Å²) in [6, 6.07) is 0. The third-order valence-corrected chi connectivity index (χ3v) is 5.53. The van der Waals surface area contributed by atoms with Crippen LogP contribution in [0.3, 0.4) is 0 Å². The average molecular weight is 500 g/mol. The van der Waals surface area contributed by atoms with Crippen LogP contribution in [-0.4, -0.2) is 68.1 Å². The molecular formula is C28H53NO6. The van der Waals surface area contributed by atoms with Gasteiger partial charge in [-0.15, -0.1) is 0 Å². The summed E-state index contributed by atoms with van der Waals surface area (Å²) in [4.78, 5) is 36.6. The number of hydrogen-bond donors (Lipinski definition) is 1. The molecule has 0 saturated heterocycles. The number of ketones is 3. The first-order valence-electron chi connectivity index (χ1n) is 12.9. The summed E-state index contributed by atoms with van der Waals surface area (Å²) >= 11 is 0. The minimum atomic E-state index is -0.700. The first-order valence-corrected chi connectivity index (χ1v) is 12.9. The summed E-state index contributed by atoms with van der Waals surface area (Å²) in [5.74, 6) is 0.427. The zero-order valence-corrected chi connectivity index (χ0v) is 24.4. The Morgan fingerprint density at radius 2 is 0.971 bits per heavy atom. The molecule has 0 rings (SSSR count). The minimum Gasteiger partial charge on any atom is -0.379 e. The van der Waals surface area contributed by atoms with E-state index < -0.39 is 16.4 Å². The molecule has 0 aromatic heterocycles. The van der Waals surface area contributed by atoms with Crippen LogP contribution in [-0.2, 0) is 28.6 Å². The van der Waals surface area contributed by atoms with E-state index in [1.54, 1.807) is 0 Å². The molecule has 35 heavy (non-hydrogen) atoms. The van der Waals surface area contributed by atoms with Crippen molar-refractivity contribution in [2.75, 3.05) is 39.6 Å². The van der Waals surface area contributed by atoms with Crippen molar-refractivity contribution in [2.45, 2.75) is 107 Å². The van der Waals surface area contributed by atoms with Crippen molar-refractivity contribution >= 4 is 17.3 Å². The smallest absolute Gasteiger partial charge is 0.140 e. The Kier molecular flexibility index (Phi) is 14.1. The van der Waals surface area contributed by atoms with Gasteiger partial charge in [0.15, 0.2) is 0 Å². The van der Waals surface area contributed by atoms with Crippen LogP contribution in [0, 0.1) is 16.7 Å². The van der Waals surface area contributed by atoms with Crippen LogP contribution in [0.1, 0.15) is 95.4 Å². The van der Waals surface area contributed by atoms with Crippen molar-refractivity contribution in [3.8, 4) is 0 Å². The topological polar surface area (TPSA) is 90.9 Å². The molecule has 7 heteroatoms. The number of hydrogen-bond acceptors (Lipinski definition) is 7. The van der Waals surface area contributed by atoms with E-state index in [2.05, 4.69) is 26.1 Å². The molecule has 0 aliphatic heterocycles. The van der Waals surface area contributed by atoms with Crippen molar-refractivity contribution in [2.24, 2.45) is 16.7 Å². The Morgan fingerprint density at radius 3 is 1.26 bits per heavy atom. The Hall–Kier alpha value is -1.15. The molecule has 206 valence electrons. The second-order valence-corrected chi connectivity index (χ2v) is 13.0. The zero-order chi connectivity index (χ0) is 27.5. The highest BCUT2D eigenvalue weighted by Crippen LogP contribution is 2.20. The van der Waals surface area contributed by atoms with Gasteiger partial charge in [-0.2, -0.15) is 0 Å². The molecule has 0 aliphatic carbocycles.